The number of hydrogen-bond donors (Lipinski definition) is 0. The average molecular weight is 310 g/mol. The summed E-state index contributed by atoms with van der Waals surface area (Å²) in [6.07, 6.45) is 4.42. The van der Waals surface area contributed by atoms with Crippen molar-refractivity contribution in [3.05, 3.63) is 0 Å². The fourth-order valence-corrected chi connectivity index (χ4v) is 4.06. The molecule has 0 aromatic carbocycles. The van der Waals surface area contributed by atoms with E-state index in [0.29, 0.717) is 12.3 Å². The molecule has 2 aliphatic rings. The lowest BCUT2D eigenvalue weighted by atomic mass is 9.69. The van der Waals surface area contributed by atoms with Crippen LogP contribution in [-0.4, -0.2) is 23.6 Å². The Morgan fingerprint density at radius 2 is 2.00 bits per heavy atom. The molecule has 0 aromatic rings. The second-order valence-electron chi connectivity index (χ2n) is 7.96. The van der Waals surface area contributed by atoms with Crippen LogP contribution in [0, 0.1) is 23.7 Å². The fraction of sp³-hybridized carbons (Fsp3) is 0.889. The maximum Gasteiger partial charge on any atom is 0.310 e. The normalized spacial score (nSPS) is 35.4. The standard InChI is InChI=1S/C18H30O4/c1-11(2)7-6-8-13(4)21-17(20)15-12(3)9-18(5)10-14(15)16(19)22-18/h11-15H,6-10H2,1-5H3/t12-,13-,14-,15+,18-/m0/s1. The van der Waals surface area contributed by atoms with E-state index in [1.807, 2.05) is 20.8 Å². The lowest BCUT2D eigenvalue weighted by Gasteiger charge is -2.35. The van der Waals surface area contributed by atoms with Crippen LogP contribution in [0.3, 0.4) is 0 Å². The van der Waals surface area contributed by atoms with Gasteiger partial charge in [0.05, 0.1) is 17.9 Å². The fourth-order valence-electron chi connectivity index (χ4n) is 4.06. The third-order valence-corrected chi connectivity index (χ3v) is 5.08. The van der Waals surface area contributed by atoms with Crippen molar-refractivity contribution < 1.29 is 19.1 Å². The Hall–Kier alpha value is -1.06. The molecule has 2 fully saturated rings. The summed E-state index contributed by atoms with van der Waals surface area (Å²) in [6.45, 7) is 10.3. The van der Waals surface area contributed by atoms with Crippen LogP contribution in [-0.2, 0) is 19.1 Å². The van der Waals surface area contributed by atoms with Crippen molar-refractivity contribution in [1.82, 2.24) is 0 Å². The van der Waals surface area contributed by atoms with Gasteiger partial charge in [-0.05, 0) is 44.9 Å². The molecule has 2 rings (SSSR count). The van der Waals surface area contributed by atoms with Crippen molar-refractivity contribution in [1.29, 1.82) is 0 Å². The van der Waals surface area contributed by atoms with Crippen molar-refractivity contribution in [2.75, 3.05) is 0 Å². The lowest BCUT2D eigenvalue weighted by molar-refractivity contribution is -0.161. The molecule has 0 spiro atoms. The van der Waals surface area contributed by atoms with Gasteiger partial charge in [-0.25, -0.2) is 0 Å². The summed E-state index contributed by atoms with van der Waals surface area (Å²) >= 11 is 0. The van der Waals surface area contributed by atoms with Gasteiger partial charge >= 0.3 is 11.9 Å². The SMILES string of the molecule is CC(C)CCC[C@H](C)OC(=O)[C@H]1[C@@H]2C[C@](C)(C[C@@H]1C)OC2=O. The number of hydrogen-bond acceptors (Lipinski definition) is 4. The van der Waals surface area contributed by atoms with Crippen LogP contribution in [0.1, 0.15) is 66.7 Å². The van der Waals surface area contributed by atoms with E-state index in [-0.39, 0.29) is 41.4 Å². The quantitative estimate of drug-likeness (QED) is 0.702. The van der Waals surface area contributed by atoms with E-state index in [2.05, 4.69) is 13.8 Å². The summed E-state index contributed by atoms with van der Waals surface area (Å²) in [5.41, 5.74) is -0.374. The monoisotopic (exact) mass is 310 g/mol. The molecule has 126 valence electrons. The number of ether oxygens (including phenoxy) is 2. The summed E-state index contributed by atoms with van der Waals surface area (Å²) in [5.74, 6) is -0.283. The Balaban J connectivity index is 1.90. The molecule has 1 aliphatic heterocycles. The molecule has 0 amide bonds. The Bertz CT molecular complexity index is 431. The maximum absolute atomic E-state index is 12.5. The lowest BCUT2D eigenvalue weighted by Crippen LogP contribution is -2.41. The average Bonchev–Trinajstić information content (AvgIpc) is 2.58. The minimum atomic E-state index is -0.374. The Morgan fingerprint density at radius 1 is 1.32 bits per heavy atom. The number of carbonyl (C=O) groups excluding carboxylic acids is 2. The van der Waals surface area contributed by atoms with E-state index >= 15 is 0 Å². The molecule has 0 aromatic heterocycles. The first-order valence-corrected chi connectivity index (χ1v) is 8.65. The molecule has 4 heteroatoms. The van der Waals surface area contributed by atoms with Gasteiger partial charge in [0.25, 0.3) is 0 Å². The van der Waals surface area contributed by atoms with E-state index in [0.717, 1.165) is 25.7 Å². The summed E-state index contributed by atoms with van der Waals surface area (Å²) in [4.78, 5) is 24.5. The predicted octanol–water partition coefficient (Wildman–Crippen LogP) is 3.72. The molecular weight excluding hydrogens is 280 g/mol. The highest BCUT2D eigenvalue weighted by Crippen LogP contribution is 2.48. The van der Waals surface area contributed by atoms with E-state index in [1.54, 1.807) is 0 Å². The van der Waals surface area contributed by atoms with Gasteiger partial charge in [-0.2, -0.15) is 0 Å². The van der Waals surface area contributed by atoms with E-state index in [9.17, 15) is 9.59 Å². The number of esters is 2. The van der Waals surface area contributed by atoms with Crippen LogP contribution in [0.25, 0.3) is 0 Å². The number of fused-ring (bicyclic) bond motifs is 2. The molecule has 0 N–H and O–H groups in total. The molecular formula is C18H30O4. The molecule has 1 aliphatic carbocycles. The predicted molar refractivity (Wildman–Crippen MR) is 84.1 cm³/mol. The van der Waals surface area contributed by atoms with Gasteiger partial charge in [-0.1, -0.05) is 27.2 Å². The van der Waals surface area contributed by atoms with Crippen molar-refractivity contribution in [3.63, 3.8) is 0 Å². The Morgan fingerprint density at radius 3 is 2.64 bits per heavy atom. The minimum absolute atomic E-state index is 0.0795. The Kier molecular flexibility index (Phi) is 5.18. The molecule has 5 atom stereocenters. The zero-order chi connectivity index (χ0) is 16.5. The second kappa shape index (κ2) is 6.59. The first-order chi connectivity index (χ1) is 10.2. The minimum Gasteiger partial charge on any atom is -0.462 e. The summed E-state index contributed by atoms with van der Waals surface area (Å²) in [7, 11) is 0. The van der Waals surface area contributed by atoms with Crippen LogP contribution < -0.4 is 0 Å². The van der Waals surface area contributed by atoms with Crippen LogP contribution in [0.15, 0.2) is 0 Å². The molecule has 22 heavy (non-hydrogen) atoms. The molecule has 0 unspecified atom stereocenters. The topological polar surface area (TPSA) is 52.6 Å². The summed E-state index contributed by atoms with van der Waals surface area (Å²) in [5, 5.41) is 0. The molecule has 1 saturated carbocycles. The van der Waals surface area contributed by atoms with Crippen LogP contribution in [0.5, 0.6) is 0 Å². The molecule has 1 saturated heterocycles. The van der Waals surface area contributed by atoms with Gasteiger partial charge in [0.1, 0.15) is 5.60 Å². The molecule has 1 heterocycles. The number of rotatable bonds is 6. The third kappa shape index (κ3) is 3.82. The van der Waals surface area contributed by atoms with Gasteiger partial charge in [0, 0.05) is 6.42 Å². The zero-order valence-electron chi connectivity index (χ0n) is 14.6. The highest BCUT2D eigenvalue weighted by Gasteiger charge is 2.56. The molecule has 2 bridgehead atoms. The number of carbonyl (C=O) groups is 2. The first-order valence-electron chi connectivity index (χ1n) is 8.65. The van der Waals surface area contributed by atoms with Gasteiger partial charge in [0.2, 0.25) is 0 Å². The van der Waals surface area contributed by atoms with Crippen molar-refractivity contribution >= 4 is 11.9 Å². The third-order valence-electron chi connectivity index (χ3n) is 5.08. The zero-order valence-corrected chi connectivity index (χ0v) is 14.6. The van der Waals surface area contributed by atoms with E-state index in [4.69, 9.17) is 9.47 Å². The second-order valence-corrected chi connectivity index (χ2v) is 7.96. The van der Waals surface area contributed by atoms with E-state index < -0.39 is 0 Å². The largest absolute Gasteiger partial charge is 0.462 e. The van der Waals surface area contributed by atoms with Gasteiger partial charge in [-0.3, -0.25) is 9.59 Å². The van der Waals surface area contributed by atoms with Gasteiger partial charge in [-0.15, -0.1) is 0 Å². The highest BCUT2D eigenvalue weighted by atomic mass is 16.6. The van der Waals surface area contributed by atoms with Crippen LogP contribution in [0.4, 0.5) is 0 Å². The van der Waals surface area contributed by atoms with Gasteiger partial charge < -0.3 is 9.47 Å². The van der Waals surface area contributed by atoms with Crippen molar-refractivity contribution in [3.8, 4) is 0 Å². The maximum atomic E-state index is 12.5. The van der Waals surface area contributed by atoms with Gasteiger partial charge in [0.15, 0.2) is 0 Å². The molecule has 0 radical (unpaired) electrons. The van der Waals surface area contributed by atoms with Crippen LogP contribution >= 0.6 is 0 Å². The van der Waals surface area contributed by atoms with Crippen molar-refractivity contribution in [2.24, 2.45) is 23.7 Å². The van der Waals surface area contributed by atoms with Crippen LogP contribution in [0.2, 0.25) is 0 Å². The highest BCUT2D eigenvalue weighted by molar-refractivity contribution is 5.84. The summed E-state index contributed by atoms with van der Waals surface area (Å²) < 4.78 is 11.1. The first kappa shape index (κ1) is 17.3. The van der Waals surface area contributed by atoms with Crippen molar-refractivity contribution in [2.45, 2.75) is 78.4 Å². The Labute approximate surface area is 133 Å². The summed E-state index contributed by atoms with van der Waals surface area (Å²) in [6, 6.07) is 0. The smallest absolute Gasteiger partial charge is 0.310 e. The molecule has 4 nitrogen and oxygen atoms in total. The van der Waals surface area contributed by atoms with E-state index in [1.165, 1.54) is 0 Å².